The number of nitrogens with zero attached hydrogens (tertiary/aromatic N) is 1. The van der Waals surface area contributed by atoms with Gasteiger partial charge in [-0.25, -0.2) is 4.79 Å². The molecule has 100 valence electrons. The summed E-state index contributed by atoms with van der Waals surface area (Å²) in [5.74, 6) is -0.840. The number of nitriles is 1. The number of hydrogen-bond acceptors (Lipinski definition) is 5. The topological polar surface area (TPSA) is 88.4 Å². The lowest BCUT2D eigenvalue weighted by molar-refractivity contribution is -0.145. The van der Waals surface area contributed by atoms with E-state index in [-0.39, 0.29) is 11.8 Å². The fourth-order valence-electron chi connectivity index (χ4n) is 1.81. The highest BCUT2D eigenvalue weighted by Crippen LogP contribution is 2.13. The van der Waals surface area contributed by atoms with Crippen molar-refractivity contribution in [3.05, 3.63) is 0 Å². The third kappa shape index (κ3) is 4.34. The van der Waals surface area contributed by atoms with Crippen molar-refractivity contribution < 1.29 is 19.1 Å². The smallest absolute Gasteiger partial charge is 0.328 e. The van der Waals surface area contributed by atoms with Gasteiger partial charge in [0, 0.05) is 13.0 Å². The second-order valence-electron chi connectivity index (χ2n) is 4.20. The summed E-state index contributed by atoms with van der Waals surface area (Å²) in [6.45, 7) is 0.979. The largest absolute Gasteiger partial charge is 0.467 e. The van der Waals surface area contributed by atoms with E-state index < -0.39 is 12.0 Å². The first-order valence-corrected chi connectivity index (χ1v) is 6.02. The second-order valence-corrected chi connectivity index (χ2v) is 4.20. The van der Waals surface area contributed by atoms with Crippen LogP contribution in [0.1, 0.15) is 25.7 Å². The molecule has 6 heteroatoms. The van der Waals surface area contributed by atoms with Crippen LogP contribution >= 0.6 is 0 Å². The van der Waals surface area contributed by atoms with E-state index in [1.807, 2.05) is 6.07 Å². The average Bonchev–Trinajstić information content (AvgIpc) is 2.90. The molecule has 0 aromatic heterocycles. The third-order valence-electron chi connectivity index (χ3n) is 2.88. The molecule has 0 bridgehead atoms. The molecule has 1 aliphatic heterocycles. The van der Waals surface area contributed by atoms with Gasteiger partial charge >= 0.3 is 5.97 Å². The Bertz CT molecular complexity index is 331. The van der Waals surface area contributed by atoms with E-state index in [4.69, 9.17) is 10.00 Å². The minimum absolute atomic E-state index is 0.181. The van der Waals surface area contributed by atoms with Crippen LogP contribution in [-0.4, -0.2) is 38.2 Å². The molecule has 1 amide bonds. The number of ether oxygens (including phenoxy) is 2. The Morgan fingerprint density at radius 1 is 1.61 bits per heavy atom. The highest BCUT2D eigenvalue weighted by Gasteiger charge is 2.28. The number of hydrogen-bond donors (Lipinski definition) is 1. The summed E-state index contributed by atoms with van der Waals surface area (Å²) in [6, 6.07) is 1.33. The van der Waals surface area contributed by atoms with Crippen molar-refractivity contribution in [1.82, 2.24) is 5.32 Å². The number of amides is 1. The normalized spacial score (nSPS) is 19.9. The Morgan fingerprint density at radius 2 is 2.39 bits per heavy atom. The second kappa shape index (κ2) is 7.67. The van der Waals surface area contributed by atoms with Crippen LogP contribution in [0, 0.1) is 17.2 Å². The monoisotopic (exact) mass is 254 g/mol. The summed E-state index contributed by atoms with van der Waals surface area (Å²) in [5, 5.41) is 11.1. The lowest BCUT2D eigenvalue weighted by Gasteiger charge is -2.17. The molecule has 1 fully saturated rings. The molecule has 1 heterocycles. The number of rotatable bonds is 6. The maximum Gasteiger partial charge on any atom is 0.328 e. The van der Waals surface area contributed by atoms with Crippen molar-refractivity contribution in [3.63, 3.8) is 0 Å². The molecule has 0 unspecified atom stereocenters. The zero-order chi connectivity index (χ0) is 13.4. The van der Waals surface area contributed by atoms with E-state index in [0.717, 1.165) is 0 Å². The Kier molecular flexibility index (Phi) is 6.15. The van der Waals surface area contributed by atoms with E-state index in [9.17, 15) is 9.59 Å². The molecule has 1 rings (SSSR count). The van der Waals surface area contributed by atoms with Crippen LogP contribution in [0.3, 0.4) is 0 Å². The van der Waals surface area contributed by atoms with Crippen molar-refractivity contribution in [2.75, 3.05) is 20.3 Å². The summed E-state index contributed by atoms with van der Waals surface area (Å²) in [5.41, 5.74) is 0. The quantitative estimate of drug-likeness (QED) is 0.546. The van der Waals surface area contributed by atoms with Crippen molar-refractivity contribution in [2.45, 2.75) is 31.7 Å². The molecule has 0 aromatic rings. The first-order chi connectivity index (χ1) is 8.69. The van der Waals surface area contributed by atoms with Crippen LogP contribution in [-0.2, 0) is 19.1 Å². The van der Waals surface area contributed by atoms with Gasteiger partial charge in [0.1, 0.15) is 6.04 Å². The highest BCUT2D eigenvalue weighted by atomic mass is 16.5. The zero-order valence-electron chi connectivity index (χ0n) is 10.5. The van der Waals surface area contributed by atoms with Crippen LogP contribution in [0.4, 0.5) is 0 Å². The SMILES string of the molecule is COC(=O)[C@@H](CCCC#N)NC(=O)[C@H]1CCOC1. The van der Waals surface area contributed by atoms with E-state index in [0.29, 0.717) is 38.9 Å². The fraction of sp³-hybridized carbons (Fsp3) is 0.750. The van der Waals surface area contributed by atoms with E-state index >= 15 is 0 Å². The van der Waals surface area contributed by atoms with Crippen LogP contribution in [0.5, 0.6) is 0 Å². The predicted octanol–water partition coefficient (Wildman–Crippen LogP) is 0.375. The van der Waals surface area contributed by atoms with Crippen LogP contribution in [0.2, 0.25) is 0 Å². The molecule has 0 saturated carbocycles. The molecule has 6 nitrogen and oxygen atoms in total. The lowest BCUT2D eigenvalue weighted by atomic mass is 10.1. The number of carbonyl (C=O) groups is 2. The molecule has 1 saturated heterocycles. The Hall–Kier alpha value is -1.61. The van der Waals surface area contributed by atoms with E-state index in [2.05, 4.69) is 10.1 Å². The van der Waals surface area contributed by atoms with Crippen LogP contribution < -0.4 is 5.32 Å². The van der Waals surface area contributed by atoms with Gasteiger partial charge < -0.3 is 14.8 Å². The van der Waals surface area contributed by atoms with Crippen molar-refractivity contribution in [2.24, 2.45) is 5.92 Å². The van der Waals surface area contributed by atoms with Crippen molar-refractivity contribution in [3.8, 4) is 6.07 Å². The van der Waals surface area contributed by atoms with Gasteiger partial charge in [-0.1, -0.05) is 0 Å². The van der Waals surface area contributed by atoms with Gasteiger partial charge in [0.2, 0.25) is 5.91 Å². The number of methoxy groups -OCH3 is 1. The number of nitrogens with one attached hydrogen (secondary N) is 1. The summed E-state index contributed by atoms with van der Waals surface area (Å²) in [6.07, 6.45) is 2.01. The molecular formula is C12H18N2O4. The standard InChI is InChI=1S/C12H18N2O4/c1-17-12(16)10(4-2-3-6-13)14-11(15)9-5-7-18-8-9/h9-10H,2-5,7-8H2,1H3,(H,14,15)/t9-,10+/m0/s1. The maximum atomic E-state index is 11.8. The third-order valence-corrected chi connectivity index (χ3v) is 2.88. The number of unbranched alkanes of at least 4 members (excludes halogenated alkanes) is 1. The molecule has 2 atom stereocenters. The first-order valence-electron chi connectivity index (χ1n) is 6.02. The fourth-order valence-corrected chi connectivity index (χ4v) is 1.81. The summed E-state index contributed by atoms with van der Waals surface area (Å²) in [4.78, 5) is 23.4. The van der Waals surface area contributed by atoms with Gasteiger partial charge in [0.15, 0.2) is 0 Å². The van der Waals surface area contributed by atoms with Gasteiger partial charge in [-0.2, -0.15) is 5.26 Å². The van der Waals surface area contributed by atoms with Gasteiger partial charge in [-0.05, 0) is 19.3 Å². The van der Waals surface area contributed by atoms with Gasteiger partial charge in [-0.3, -0.25) is 4.79 Å². The minimum Gasteiger partial charge on any atom is -0.467 e. The van der Waals surface area contributed by atoms with E-state index in [1.165, 1.54) is 7.11 Å². The van der Waals surface area contributed by atoms with Gasteiger partial charge in [-0.15, -0.1) is 0 Å². The summed E-state index contributed by atoms with van der Waals surface area (Å²) < 4.78 is 9.76. The van der Waals surface area contributed by atoms with Crippen molar-refractivity contribution >= 4 is 11.9 Å². The van der Waals surface area contributed by atoms with Crippen LogP contribution in [0.15, 0.2) is 0 Å². The Labute approximate surface area is 106 Å². The maximum absolute atomic E-state index is 11.8. The Balaban J connectivity index is 2.46. The van der Waals surface area contributed by atoms with Crippen LogP contribution in [0.25, 0.3) is 0 Å². The average molecular weight is 254 g/mol. The molecular weight excluding hydrogens is 236 g/mol. The predicted molar refractivity (Wildman–Crippen MR) is 62.3 cm³/mol. The molecule has 0 aromatic carbocycles. The highest BCUT2D eigenvalue weighted by molar-refractivity contribution is 5.85. The Morgan fingerprint density at radius 3 is 2.94 bits per heavy atom. The lowest BCUT2D eigenvalue weighted by Crippen LogP contribution is -2.44. The molecule has 0 spiro atoms. The van der Waals surface area contributed by atoms with E-state index in [1.54, 1.807) is 0 Å². The number of carbonyl (C=O) groups excluding carboxylic acids is 2. The van der Waals surface area contributed by atoms with Gasteiger partial charge in [0.25, 0.3) is 0 Å². The minimum atomic E-state index is -0.670. The number of esters is 1. The zero-order valence-corrected chi connectivity index (χ0v) is 10.5. The molecule has 0 aliphatic carbocycles. The summed E-state index contributed by atoms with van der Waals surface area (Å²) in [7, 11) is 1.28. The van der Waals surface area contributed by atoms with Gasteiger partial charge in [0.05, 0.1) is 25.7 Å². The molecule has 1 N–H and O–H groups in total. The van der Waals surface area contributed by atoms with Crippen molar-refractivity contribution in [1.29, 1.82) is 5.26 Å². The molecule has 1 aliphatic rings. The first kappa shape index (κ1) is 14.5. The molecule has 0 radical (unpaired) electrons. The molecule has 18 heavy (non-hydrogen) atoms. The summed E-state index contributed by atoms with van der Waals surface area (Å²) >= 11 is 0.